The summed E-state index contributed by atoms with van der Waals surface area (Å²) < 4.78 is 7.28. The number of aryl methyl sites for hydroxylation is 1. The second-order valence-corrected chi connectivity index (χ2v) is 6.52. The summed E-state index contributed by atoms with van der Waals surface area (Å²) >= 11 is 0. The standard InChI is InChI=1S/C20H23N9O/c1-21-20(24-10-15-12-30-19(28-15)14-6-4-3-5-7-14)23-9-8-22-17-16-11-27-29(2)18(16)26-13-25-17/h3-7,11-13H,8-10H2,1-2H3,(H2,21,23,24)(H,22,25,26). The lowest BCUT2D eigenvalue weighted by molar-refractivity contribution is 0.572. The Balaban J connectivity index is 1.25. The van der Waals surface area contributed by atoms with Crippen LogP contribution in [-0.2, 0) is 13.6 Å². The number of aliphatic imine (C=N–C) groups is 1. The molecule has 10 heteroatoms. The molecule has 0 radical (unpaired) electrons. The Kier molecular flexibility index (Phi) is 5.83. The number of guanidine groups is 1. The molecular formula is C20H23N9O. The highest BCUT2D eigenvalue weighted by molar-refractivity contribution is 5.86. The topological polar surface area (TPSA) is 118 Å². The minimum atomic E-state index is 0.506. The van der Waals surface area contributed by atoms with Crippen molar-refractivity contribution < 1.29 is 4.42 Å². The predicted octanol–water partition coefficient (Wildman–Crippen LogP) is 1.80. The van der Waals surface area contributed by atoms with Gasteiger partial charge in [0.15, 0.2) is 11.6 Å². The number of hydrogen-bond acceptors (Lipinski definition) is 7. The van der Waals surface area contributed by atoms with E-state index < -0.39 is 0 Å². The average Bonchev–Trinajstić information content (AvgIpc) is 3.41. The molecule has 0 saturated heterocycles. The lowest BCUT2D eigenvalue weighted by Gasteiger charge is -2.11. The molecule has 154 valence electrons. The van der Waals surface area contributed by atoms with E-state index in [0.717, 1.165) is 28.1 Å². The van der Waals surface area contributed by atoms with Gasteiger partial charge in [0, 0.05) is 32.7 Å². The van der Waals surface area contributed by atoms with Gasteiger partial charge in [-0.3, -0.25) is 9.67 Å². The first kappa shape index (κ1) is 19.4. The monoisotopic (exact) mass is 405 g/mol. The summed E-state index contributed by atoms with van der Waals surface area (Å²) in [4.78, 5) is 17.3. The maximum absolute atomic E-state index is 5.56. The number of hydrogen-bond donors (Lipinski definition) is 3. The van der Waals surface area contributed by atoms with Crippen molar-refractivity contribution in [1.82, 2.24) is 35.4 Å². The second-order valence-electron chi connectivity index (χ2n) is 6.52. The maximum atomic E-state index is 5.56. The quantitative estimate of drug-likeness (QED) is 0.242. The van der Waals surface area contributed by atoms with Crippen LogP contribution in [0.4, 0.5) is 5.82 Å². The Morgan fingerprint density at radius 3 is 2.83 bits per heavy atom. The van der Waals surface area contributed by atoms with E-state index in [1.165, 1.54) is 6.33 Å². The zero-order chi connectivity index (χ0) is 20.8. The Bertz CT molecular complexity index is 1130. The maximum Gasteiger partial charge on any atom is 0.226 e. The number of oxazole rings is 1. The fraction of sp³-hybridized carbons (Fsp3) is 0.250. The van der Waals surface area contributed by atoms with E-state index >= 15 is 0 Å². The van der Waals surface area contributed by atoms with Gasteiger partial charge in [-0.25, -0.2) is 15.0 Å². The minimum Gasteiger partial charge on any atom is -0.444 e. The Morgan fingerprint density at radius 2 is 2.00 bits per heavy atom. The van der Waals surface area contributed by atoms with E-state index in [0.29, 0.717) is 31.5 Å². The van der Waals surface area contributed by atoms with Crippen LogP contribution in [0.25, 0.3) is 22.5 Å². The molecule has 0 unspecified atom stereocenters. The third-order valence-electron chi connectivity index (χ3n) is 4.47. The molecule has 0 bridgehead atoms. The van der Waals surface area contributed by atoms with E-state index in [-0.39, 0.29) is 0 Å². The molecule has 1 aromatic carbocycles. The highest BCUT2D eigenvalue weighted by Gasteiger charge is 2.08. The molecule has 0 spiro atoms. The van der Waals surface area contributed by atoms with Crippen LogP contribution in [0.3, 0.4) is 0 Å². The second kappa shape index (κ2) is 9.03. The normalized spacial score (nSPS) is 11.6. The number of nitrogens with zero attached hydrogens (tertiary/aromatic N) is 6. The van der Waals surface area contributed by atoms with Crippen molar-refractivity contribution in [3.8, 4) is 11.5 Å². The predicted molar refractivity (Wildman–Crippen MR) is 115 cm³/mol. The summed E-state index contributed by atoms with van der Waals surface area (Å²) in [7, 11) is 3.58. The van der Waals surface area contributed by atoms with Crippen LogP contribution in [0.2, 0.25) is 0 Å². The summed E-state index contributed by atoms with van der Waals surface area (Å²) in [6.45, 7) is 1.81. The number of rotatable bonds is 7. The number of anilines is 1. The molecule has 3 aromatic heterocycles. The van der Waals surface area contributed by atoms with Crippen LogP contribution in [-0.4, -0.2) is 50.8 Å². The third kappa shape index (κ3) is 4.37. The zero-order valence-electron chi connectivity index (χ0n) is 16.8. The van der Waals surface area contributed by atoms with Crippen molar-refractivity contribution in [2.24, 2.45) is 12.0 Å². The van der Waals surface area contributed by atoms with Gasteiger partial charge in [0.25, 0.3) is 0 Å². The lowest BCUT2D eigenvalue weighted by atomic mass is 10.2. The van der Waals surface area contributed by atoms with Gasteiger partial charge in [-0.05, 0) is 12.1 Å². The number of nitrogens with one attached hydrogen (secondary N) is 3. The fourth-order valence-corrected chi connectivity index (χ4v) is 2.96. The van der Waals surface area contributed by atoms with Gasteiger partial charge >= 0.3 is 0 Å². The largest absolute Gasteiger partial charge is 0.444 e. The van der Waals surface area contributed by atoms with Crippen molar-refractivity contribution in [1.29, 1.82) is 0 Å². The number of benzene rings is 1. The molecule has 30 heavy (non-hydrogen) atoms. The van der Waals surface area contributed by atoms with Crippen molar-refractivity contribution in [2.45, 2.75) is 6.54 Å². The Labute approximate surface area is 173 Å². The van der Waals surface area contributed by atoms with Gasteiger partial charge < -0.3 is 20.4 Å². The van der Waals surface area contributed by atoms with Crippen LogP contribution in [0.5, 0.6) is 0 Å². The van der Waals surface area contributed by atoms with Crippen LogP contribution in [0, 0.1) is 0 Å². The lowest BCUT2D eigenvalue weighted by Crippen LogP contribution is -2.39. The molecule has 0 amide bonds. The molecule has 0 aliphatic heterocycles. The summed E-state index contributed by atoms with van der Waals surface area (Å²) in [5.41, 5.74) is 2.54. The van der Waals surface area contributed by atoms with E-state index in [9.17, 15) is 0 Å². The highest BCUT2D eigenvalue weighted by Crippen LogP contribution is 2.18. The molecule has 4 aromatic rings. The van der Waals surface area contributed by atoms with Crippen LogP contribution < -0.4 is 16.0 Å². The van der Waals surface area contributed by atoms with Crippen LogP contribution >= 0.6 is 0 Å². The van der Waals surface area contributed by atoms with Gasteiger partial charge in [-0.15, -0.1) is 0 Å². The van der Waals surface area contributed by atoms with E-state index in [2.05, 4.69) is 41.0 Å². The van der Waals surface area contributed by atoms with E-state index in [4.69, 9.17) is 4.42 Å². The van der Waals surface area contributed by atoms with Gasteiger partial charge in [-0.2, -0.15) is 5.10 Å². The molecule has 10 nitrogen and oxygen atoms in total. The number of fused-ring (bicyclic) bond motifs is 1. The summed E-state index contributed by atoms with van der Waals surface area (Å²) in [5, 5.41) is 14.9. The van der Waals surface area contributed by atoms with Gasteiger partial charge in [0.2, 0.25) is 5.89 Å². The van der Waals surface area contributed by atoms with E-state index in [1.807, 2.05) is 37.4 Å². The molecule has 0 saturated carbocycles. The number of aromatic nitrogens is 5. The van der Waals surface area contributed by atoms with Crippen LogP contribution in [0.1, 0.15) is 5.69 Å². The van der Waals surface area contributed by atoms with Gasteiger partial charge in [-0.1, -0.05) is 18.2 Å². The van der Waals surface area contributed by atoms with E-state index in [1.54, 1.807) is 24.2 Å². The Hall–Kier alpha value is -3.95. The fourth-order valence-electron chi connectivity index (χ4n) is 2.96. The Morgan fingerprint density at radius 1 is 1.13 bits per heavy atom. The van der Waals surface area contributed by atoms with Crippen LogP contribution in [0.15, 0.2) is 58.5 Å². The van der Waals surface area contributed by atoms with Crippen molar-refractivity contribution in [3.05, 3.63) is 54.8 Å². The first-order valence-electron chi connectivity index (χ1n) is 9.55. The highest BCUT2D eigenvalue weighted by atomic mass is 16.3. The first-order chi connectivity index (χ1) is 14.7. The molecule has 3 N–H and O–H groups in total. The van der Waals surface area contributed by atoms with Crippen molar-refractivity contribution >= 4 is 22.8 Å². The molecule has 0 fully saturated rings. The summed E-state index contributed by atoms with van der Waals surface area (Å²) in [5.74, 6) is 2.04. The molecule has 0 atom stereocenters. The smallest absolute Gasteiger partial charge is 0.226 e. The first-order valence-corrected chi connectivity index (χ1v) is 9.55. The minimum absolute atomic E-state index is 0.506. The molecular weight excluding hydrogens is 382 g/mol. The van der Waals surface area contributed by atoms with Gasteiger partial charge in [0.05, 0.1) is 23.8 Å². The van der Waals surface area contributed by atoms with Crippen molar-refractivity contribution in [2.75, 3.05) is 25.5 Å². The SMILES string of the molecule is CN=C(NCCNc1ncnc2c1cnn2C)NCc1coc(-c2ccccc2)n1. The average molecular weight is 405 g/mol. The molecule has 3 heterocycles. The van der Waals surface area contributed by atoms with Crippen molar-refractivity contribution in [3.63, 3.8) is 0 Å². The zero-order valence-corrected chi connectivity index (χ0v) is 16.8. The summed E-state index contributed by atoms with van der Waals surface area (Å²) in [6.07, 6.45) is 4.94. The molecule has 0 aliphatic carbocycles. The molecule has 0 aliphatic rings. The third-order valence-corrected chi connectivity index (χ3v) is 4.47. The molecule has 4 rings (SSSR count). The van der Waals surface area contributed by atoms with Gasteiger partial charge in [0.1, 0.15) is 18.4 Å². The summed E-state index contributed by atoms with van der Waals surface area (Å²) in [6, 6.07) is 9.81.